The molecule has 0 aromatic heterocycles. The van der Waals surface area contributed by atoms with Crippen LogP contribution in [0.25, 0.3) is 0 Å². The Morgan fingerprint density at radius 1 is 0.905 bits per heavy atom. The maximum atomic E-state index is 11.9. The van der Waals surface area contributed by atoms with Gasteiger partial charge in [-0.05, 0) is 12.8 Å². The highest BCUT2D eigenvalue weighted by molar-refractivity contribution is 5.82. The molecule has 0 saturated carbocycles. The van der Waals surface area contributed by atoms with Gasteiger partial charge in [0.2, 0.25) is 0 Å². The summed E-state index contributed by atoms with van der Waals surface area (Å²) in [6.07, 6.45) is 3.49. The summed E-state index contributed by atoms with van der Waals surface area (Å²) in [5.41, 5.74) is 0. The molecule has 0 aromatic carbocycles. The van der Waals surface area contributed by atoms with Gasteiger partial charge in [0.15, 0.2) is 0 Å². The third kappa shape index (κ3) is 9.87. The van der Waals surface area contributed by atoms with Crippen LogP contribution in [0, 0.1) is 5.92 Å². The molecule has 0 bridgehead atoms. The maximum absolute atomic E-state index is 11.9. The predicted octanol–water partition coefficient (Wildman–Crippen LogP) is 0.175. The average molecular weight is 300 g/mol. The molecule has 122 valence electrons. The van der Waals surface area contributed by atoms with Crippen LogP contribution in [0.1, 0.15) is 65.2 Å². The number of carbonyl (C=O) groups is 3. The first-order valence-corrected chi connectivity index (χ1v) is 7.50. The maximum Gasteiger partial charge on any atom is 0.309 e. The molecule has 0 aliphatic rings. The molecule has 0 aliphatic carbocycles. The molecule has 0 unspecified atom stereocenters. The molecule has 21 heavy (non-hydrogen) atoms. The quantitative estimate of drug-likeness (QED) is 0.476. The lowest BCUT2D eigenvalue weighted by molar-refractivity contribution is -0.310. The van der Waals surface area contributed by atoms with Crippen LogP contribution in [0.2, 0.25) is 0 Å². The zero-order chi connectivity index (χ0) is 16.3. The number of carboxylic acids is 2. The van der Waals surface area contributed by atoms with Gasteiger partial charge in [0.05, 0.1) is 5.92 Å². The van der Waals surface area contributed by atoms with Crippen LogP contribution in [-0.4, -0.2) is 24.0 Å². The molecule has 0 aromatic rings. The first-order chi connectivity index (χ1) is 9.90. The Kier molecular flexibility index (Phi) is 10.3. The van der Waals surface area contributed by atoms with E-state index in [4.69, 9.17) is 4.74 Å². The normalized spacial score (nSPS) is 10.9. The van der Waals surface area contributed by atoms with E-state index in [0.29, 0.717) is 12.8 Å². The number of carbonyl (C=O) groups excluding carboxylic acids is 3. The summed E-state index contributed by atoms with van der Waals surface area (Å²) in [6.45, 7) is 4.04. The Morgan fingerprint density at radius 3 is 1.67 bits per heavy atom. The van der Waals surface area contributed by atoms with Crippen molar-refractivity contribution in [3.05, 3.63) is 0 Å². The lowest BCUT2D eigenvalue weighted by Gasteiger charge is -2.22. The molecule has 0 atom stereocenters. The number of aliphatic carboxylic acids is 2. The van der Waals surface area contributed by atoms with Crippen LogP contribution >= 0.6 is 0 Å². The Morgan fingerprint density at radius 2 is 1.33 bits per heavy atom. The summed E-state index contributed by atoms with van der Waals surface area (Å²) in [5, 5.41) is 21.2. The summed E-state index contributed by atoms with van der Waals surface area (Å²) in [4.78, 5) is 33.1. The molecule has 0 heterocycles. The van der Waals surface area contributed by atoms with Crippen molar-refractivity contribution < 1.29 is 29.3 Å². The van der Waals surface area contributed by atoms with Crippen LogP contribution in [0.5, 0.6) is 0 Å². The van der Waals surface area contributed by atoms with Crippen LogP contribution in [0.4, 0.5) is 0 Å². The van der Waals surface area contributed by atoms with E-state index < -0.39 is 36.7 Å². The number of ether oxygens (including phenoxy) is 1. The first kappa shape index (κ1) is 19.4. The van der Waals surface area contributed by atoms with Crippen molar-refractivity contribution in [2.24, 2.45) is 5.92 Å². The minimum Gasteiger partial charge on any atom is -0.550 e. The Bertz CT molecular complexity index is 315. The van der Waals surface area contributed by atoms with Gasteiger partial charge in [-0.2, -0.15) is 0 Å². The van der Waals surface area contributed by atoms with E-state index in [-0.39, 0.29) is 6.10 Å². The Hall–Kier alpha value is -1.59. The molecule has 0 fully saturated rings. The van der Waals surface area contributed by atoms with Crippen molar-refractivity contribution in [1.82, 2.24) is 0 Å². The zero-order valence-corrected chi connectivity index (χ0v) is 12.8. The second-order valence-corrected chi connectivity index (χ2v) is 5.19. The van der Waals surface area contributed by atoms with Gasteiger partial charge in [-0.3, -0.25) is 4.79 Å². The van der Waals surface area contributed by atoms with Crippen molar-refractivity contribution in [2.75, 3.05) is 0 Å². The summed E-state index contributed by atoms with van der Waals surface area (Å²) in [7, 11) is 0. The topological polar surface area (TPSA) is 107 Å². The molecule has 0 radical (unpaired) electrons. The highest BCUT2D eigenvalue weighted by Gasteiger charge is 2.23. The second kappa shape index (κ2) is 11.1. The number of unbranched alkanes of at least 4 members (excludes halogenated alkanes) is 2. The fourth-order valence-corrected chi connectivity index (χ4v) is 2.03. The second-order valence-electron chi connectivity index (χ2n) is 5.19. The summed E-state index contributed by atoms with van der Waals surface area (Å²) in [5.74, 6) is -4.99. The summed E-state index contributed by atoms with van der Waals surface area (Å²) in [6, 6.07) is 0. The van der Waals surface area contributed by atoms with Gasteiger partial charge in [0.1, 0.15) is 6.10 Å². The minimum absolute atomic E-state index is 0.289. The van der Waals surface area contributed by atoms with E-state index in [1.54, 1.807) is 0 Å². The average Bonchev–Trinajstić information content (AvgIpc) is 2.39. The number of rotatable bonds is 12. The molecule has 0 aliphatic heterocycles. The molecular weight excluding hydrogens is 276 g/mol. The van der Waals surface area contributed by atoms with E-state index in [1.165, 1.54) is 0 Å². The van der Waals surface area contributed by atoms with Gasteiger partial charge in [-0.1, -0.05) is 39.5 Å². The molecular formula is C15H24O6-2. The van der Waals surface area contributed by atoms with Crippen LogP contribution < -0.4 is 10.2 Å². The summed E-state index contributed by atoms with van der Waals surface area (Å²) >= 11 is 0. The molecule has 0 spiro atoms. The fraction of sp³-hybridized carbons (Fsp3) is 0.800. The molecule has 0 saturated heterocycles. The van der Waals surface area contributed by atoms with Crippen LogP contribution in [-0.2, 0) is 19.1 Å². The van der Waals surface area contributed by atoms with Crippen molar-refractivity contribution in [2.45, 2.75) is 71.3 Å². The monoisotopic (exact) mass is 300 g/mol. The van der Waals surface area contributed by atoms with Gasteiger partial charge in [-0.15, -0.1) is 0 Å². The molecule has 0 rings (SSSR count). The van der Waals surface area contributed by atoms with Gasteiger partial charge >= 0.3 is 5.97 Å². The largest absolute Gasteiger partial charge is 0.550 e. The standard InChI is InChI=1S/C15H26O6/c1-3-5-7-12(8-6-4-2)21-15(20)11(9-13(16)17)10-14(18)19/h11-12H,3-10H2,1-2H3,(H,16,17)(H,18,19)/p-2. The van der Waals surface area contributed by atoms with E-state index in [0.717, 1.165) is 25.7 Å². The van der Waals surface area contributed by atoms with E-state index >= 15 is 0 Å². The minimum atomic E-state index is -1.48. The van der Waals surface area contributed by atoms with Crippen molar-refractivity contribution >= 4 is 17.9 Å². The van der Waals surface area contributed by atoms with Crippen LogP contribution in [0.3, 0.4) is 0 Å². The number of carboxylic acid groups (broad SMARTS) is 2. The van der Waals surface area contributed by atoms with Crippen LogP contribution in [0.15, 0.2) is 0 Å². The van der Waals surface area contributed by atoms with Crippen molar-refractivity contribution in [3.8, 4) is 0 Å². The molecule has 6 nitrogen and oxygen atoms in total. The lowest BCUT2D eigenvalue weighted by atomic mass is 10.0. The van der Waals surface area contributed by atoms with Crippen molar-refractivity contribution in [3.63, 3.8) is 0 Å². The number of hydrogen-bond donors (Lipinski definition) is 0. The summed E-state index contributed by atoms with van der Waals surface area (Å²) < 4.78 is 5.30. The number of hydrogen-bond acceptors (Lipinski definition) is 6. The molecule has 0 amide bonds. The molecule has 6 heteroatoms. The zero-order valence-electron chi connectivity index (χ0n) is 12.8. The SMILES string of the molecule is CCCCC(CCCC)OC(=O)C(CC(=O)[O-])CC(=O)[O-]. The Labute approximate surface area is 125 Å². The van der Waals surface area contributed by atoms with Gasteiger partial charge < -0.3 is 24.5 Å². The smallest absolute Gasteiger partial charge is 0.309 e. The highest BCUT2D eigenvalue weighted by Crippen LogP contribution is 2.17. The third-order valence-electron chi connectivity index (χ3n) is 3.20. The van der Waals surface area contributed by atoms with E-state index in [9.17, 15) is 24.6 Å². The van der Waals surface area contributed by atoms with Gasteiger partial charge in [0, 0.05) is 24.8 Å². The van der Waals surface area contributed by atoms with Crippen molar-refractivity contribution in [1.29, 1.82) is 0 Å². The fourth-order valence-electron chi connectivity index (χ4n) is 2.03. The first-order valence-electron chi connectivity index (χ1n) is 7.50. The van der Waals surface area contributed by atoms with E-state index in [2.05, 4.69) is 0 Å². The lowest BCUT2D eigenvalue weighted by Crippen LogP contribution is -2.35. The van der Waals surface area contributed by atoms with Gasteiger partial charge in [-0.25, -0.2) is 0 Å². The predicted molar refractivity (Wildman–Crippen MR) is 71.7 cm³/mol. The third-order valence-corrected chi connectivity index (χ3v) is 3.20. The van der Waals surface area contributed by atoms with E-state index in [1.807, 2.05) is 13.8 Å². The Balaban J connectivity index is 4.62. The highest BCUT2D eigenvalue weighted by atomic mass is 16.5. The number of esters is 1. The molecule has 0 N–H and O–H groups in total. The van der Waals surface area contributed by atoms with Gasteiger partial charge in [0.25, 0.3) is 0 Å².